The van der Waals surface area contributed by atoms with E-state index in [1.807, 2.05) is 29.1 Å². The van der Waals surface area contributed by atoms with Crippen molar-refractivity contribution >= 4 is 28.1 Å². The van der Waals surface area contributed by atoms with Crippen LogP contribution in [0.2, 0.25) is 0 Å². The number of aromatic amines is 1. The Morgan fingerprint density at radius 3 is 2.91 bits per heavy atom. The van der Waals surface area contributed by atoms with Crippen LogP contribution in [0.15, 0.2) is 61.2 Å². The van der Waals surface area contributed by atoms with Crippen molar-refractivity contribution in [3.8, 4) is 11.3 Å². The third kappa shape index (κ3) is 4.64. The van der Waals surface area contributed by atoms with Crippen molar-refractivity contribution in [2.75, 3.05) is 25.6 Å². The van der Waals surface area contributed by atoms with Gasteiger partial charge in [0.25, 0.3) is 0 Å². The molecule has 0 radical (unpaired) electrons. The standard InChI is InChI=1S/C26H28N6O2/c1-3-4-18-13-22(8-7-21(18)17-34-12-11-33-2)29-25-26-27-9-10-32(26)16-24(30-25)19-5-6-20-15-28-31-23(20)14-19/h5-10,13-16H,3-4,11-12,17H2,1-2H3,(H,28,31)(H,29,30). The van der Waals surface area contributed by atoms with Crippen LogP contribution in [0.1, 0.15) is 24.5 Å². The van der Waals surface area contributed by atoms with E-state index in [1.165, 1.54) is 11.1 Å². The summed E-state index contributed by atoms with van der Waals surface area (Å²) in [5, 5.41) is 11.7. The number of hydrogen-bond acceptors (Lipinski definition) is 6. The molecule has 5 aromatic rings. The van der Waals surface area contributed by atoms with Gasteiger partial charge in [-0.25, -0.2) is 9.97 Å². The molecule has 3 aromatic heterocycles. The number of nitrogens with one attached hydrogen (secondary N) is 2. The maximum absolute atomic E-state index is 5.76. The second-order valence-corrected chi connectivity index (χ2v) is 8.21. The number of nitrogens with zero attached hydrogens (tertiary/aromatic N) is 4. The lowest BCUT2D eigenvalue weighted by Gasteiger charge is -2.14. The number of benzene rings is 2. The van der Waals surface area contributed by atoms with Crippen LogP contribution in [0.4, 0.5) is 11.5 Å². The first-order valence-electron chi connectivity index (χ1n) is 11.5. The largest absolute Gasteiger partial charge is 0.382 e. The highest BCUT2D eigenvalue weighted by molar-refractivity contribution is 5.84. The topological polar surface area (TPSA) is 89.4 Å². The van der Waals surface area contributed by atoms with E-state index in [0.717, 1.165) is 46.3 Å². The van der Waals surface area contributed by atoms with Gasteiger partial charge in [-0.15, -0.1) is 0 Å². The van der Waals surface area contributed by atoms with Gasteiger partial charge in [-0.2, -0.15) is 5.10 Å². The minimum Gasteiger partial charge on any atom is -0.382 e. The highest BCUT2D eigenvalue weighted by atomic mass is 16.5. The number of methoxy groups -OCH3 is 1. The van der Waals surface area contributed by atoms with E-state index < -0.39 is 0 Å². The summed E-state index contributed by atoms with van der Waals surface area (Å²) in [6, 6.07) is 12.5. The van der Waals surface area contributed by atoms with Crippen LogP contribution < -0.4 is 5.32 Å². The summed E-state index contributed by atoms with van der Waals surface area (Å²) in [5.74, 6) is 0.707. The first kappa shape index (κ1) is 22.1. The van der Waals surface area contributed by atoms with Gasteiger partial charge in [-0.05, 0) is 35.7 Å². The van der Waals surface area contributed by atoms with Crippen LogP contribution in [0, 0.1) is 0 Å². The van der Waals surface area contributed by atoms with Crippen molar-refractivity contribution in [1.29, 1.82) is 0 Å². The van der Waals surface area contributed by atoms with Crippen LogP contribution in [-0.4, -0.2) is 44.9 Å². The number of aromatic nitrogens is 5. The molecule has 0 saturated carbocycles. The third-order valence-electron chi connectivity index (χ3n) is 5.79. The molecule has 0 aliphatic heterocycles. The van der Waals surface area contributed by atoms with Gasteiger partial charge in [-0.1, -0.05) is 31.5 Å². The predicted molar refractivity (Wildman–Crippen MR) is 133 cm³/mol. The molecule has 3 heterocycles. The fourth-order valence-electron chi connectivity index (χ4n) is 4.06. The summed E-state index contributed by atoms with van der Waals surface area (Å²) in [7, 11) is 1.68. The first-order valence-corrected chi connectivity index (χ1v) is 11.5. The van der Waals surface area contributed by atoms with Gasteiger partial charge in [0.05, 0.1) is 37.2 Å². The van der Waals surface area contributed by atoms with Gasteiger partial charge in [0.15, 0.2) is 11.5 Å². The quantitative estimate of drug-likeness (QED) is 0.283. The van der Waals surface area contributed by atoms with Crippen molar-refractivity contribution in [3.05, 3.63) is 72.3 Å². The number of H-pyrrole nitrogens is 1. The molecule has 5 rings (SSSR count). The smallest absolute Gasteiger partial charge is 0.180 e. The Kier molecular flexibility index (Phi) is 6.51. The lowest BCUT2D eigenvalue weighted by atomic mass is 10.0. The van der Waals surface area contributed by atoms with Crippen LogP contribution in [-0.2, 0) is 22.5 Å². The predicted octanol–water partition coefficient (Wildman–Crippen LogP) is 5.13. The third-order valence-corrected chi connectivity index (χ3v) is 5.79. The van der Waals surface area contributed by atoms with Crippen LogP contribution in [0.3, 0.4) is 0 Å². The zero-order valence-electron chi connectivity index (χ0n) is 19.4. The summed E-state index contributed by atoms with van der Waals surface area (Å²) >= 11 is 0. The molecule has 174 valence electrons. The molecule has 0 spiro atoms. The lowest BCUT2D eigenvalue weighted by Crippen LogP contribution is -2.05. The Bertz CT molecular complexity index is 1410. The van der Waals surface area contributed by atoms with Gasteiger partial charge in [0, 0.05) is 42.3 Å². The maximum atomic E-state index is 5.76. The second-order valence-electron chi connectivity index (χ2n) is 8.21. The van der Waals surface area contributed by atoms with Gasteiger partial charge in [0.1, 0.15) is 0 Å². The van der Waals surface area contributed by atoms with Crippen molar-refractivity contribution in [3.63, 3.8) is 0 Å². The molecule has 8 heteroatoms. The number of ether oxygens (including phenoxy) is 2. The Balaban J connectivity index is 1.46. The number of anilines is 2. The average Bonchev–Trinajstić information content (AvgIpc) is 3.52. The Morgan fingerprint density at radius 1 is 1.09 bits per heavy atom. The van der Waals surface area contributed by atoms with Gasteiger partial charge in [0.2, 0.25) is 0 Å². The SMILES string of the molecule is CCCc1cc(Nc2nc(-c3ccc4cn[nH]c4c3)cn3ccnc23)ccc1COCCOC. The number of rotatable bonds is 10. The van der Waals surface area contributed by atoms with Crippen molar-refractivity contribution in [2.24, 2.45) is 0 Å². The number of imidazole rings is 1. The Hall–Kier alpha value is -3.75. The zero-order valence-corrected chi connectivity index (χ0v) is 19.4. The van der Waals surface area contributed by atoms with E-state index in [2.05, 4.69) is 57.8 Å². The molecule has 0 aliphatic carbocycles. The summed E-state index contributed by atoms with van der Waals surface area (Å²) in [4.78, 5) is 9.45. The summed E-state index contributed by atoms with van der Waals surface area (Å²) in [6.45, 7) is 3.94. The fourth-order valence-corrected chi connectivity index (χ4v) is 4.06. The molecule has 0 atom stereocenters. The molecule has 0 saturated heterocycles. The molecule has 0 amide bonds. The number of fused-ring (bicyclic) bond motifs is 2. The van der Waals surface area contributed by atoms with Crippen molar-refractivity contribution < 1.29 is 9.47 Å². The maximum Gasteiger partial charge on any atom is 0.180 e. The molecule has 0 unspecified atom stereocenters. The van der Waals surface area contributed by atoms with E-state index in [-0.39, 0.29) is 0 Å². The fraction of sp³-hybridized carbons (Fsp3) is 0.269. The minimum atomic E-state index is 0.577. The zero-order chi connectivity index (χ0) is 23.3. The van der Waals surface area contributed by atoms with E-state index in [9.17, 15) is 0 Å². The number of aryl methyl sites for hydroxylation is 1. The van der Waals surface area contributed by atoms with E-state index in [0.29, 0.717) is 25.6 Å². The molecule has 34 heavy (non-hydrogen) atoms. The molecule has 8 nitrogen and oxygen atoms in total. The average molecular weight is 457 g/mol. The Labute approximate surface area is 198 Å². The highest BCUT2D eigenvalue weighted by Crippen LogP contribution is 2.27. The normalized spacial score (nSPS) is 11.5. The monoisotopic (exact) mass is 456 g/mol. The molecule has 0 fully saturated rings. The van der Waals surface area contributed by atoms with Crippen LogP contribution in [0.25, 0.3) is 27.8 Å². The van der Waals surface area contributed by atoms with Crippen LogP contribution >= 0.6 is 0 Å². The van der Waals surface area contributed by atoms with E-state index in [1.54, 1.807) is 13.3 Å². The lowest BCUT2D eigenvalue weighted by molar-refractivity contribution is 0.0613. The first-order chi connectivity index (χ1) is 16.7. The van der Waals surface area contributed by atoms with Crippen molar-refractivity contribution in [1.82, 2.24) is 24.6 Å². The molecular formula is C26H28N6O2. The van der Waals surface area contributed by atoms with Gasteiger partial charge >= 0.3 is 0 Å². The highest BCUT2D eigenvalue weighted by Gasteiger charge is 2.12. The molecule has 0 bridgehead atoms. The van der Waals surface area contributed by atoms with E-state index in [4.69, 9.17) is 14.5 Å². The second kappa shape index (κ2) is 10.0. The summed E-state index contributed by atoms with van der Waals surface area (Å²) in [6.07, 6.45) is 9.57. The number of hydrogen-bond donors (Lipinski definition) is 2. The molecular weight excluding hydrogens is 428 g/mol. The molecule has 2 N–H and O–H groups in total. The summed E-state index contributed by atoms with van der Waals surface area (Å²) < 4.78 is 12.8. The minimum absolute atomic E-state index is 0.577. The van der Waals surface area contributed by atoms with Gasteiger partial charge < -0.3 is 19.2 Å². The van der Waals surface area contributed by atoms with Crippen LogP contribution in [0.5, 0.6) is 0 Å². The van der Waals surface area contributed by atoms with Gasteiger partial charge in [-0.3, -0.25) is 5.10 Å². The molecule has 2 aromatic carbocycles. The summed E-state index contributed by atoms with van der Waals surface area (Å²) in [5.41, 5.74) is 7.05. The van der Waals surface area contributed by atoms with E-state index >= 15 is 0 Å². The van der Waals surface area contributed by atoms with Crippen molar-refractivity contribution in [2.45, 2.75) is 26.4 Å². The molecule has 0 aliphatic rings. The Morgan fingerprint density at radius 2 is 2.03 bits per heavy atom.